The van der Waals surface area contributed by atoms with Crippen molar-refractivity contribution in [2.45, 2.75) is 45.7 Å². The molecule has 0 aromatic heterocycles. The zero-order chi connectivity index (χ0) is 23.7. The quantitative estimate of drug-likeness (QED) is 0.392. The minimum Gasteiger partial charge on any atom is -0.454 e. The van der Waals surface area contributed by atoms with Gasteiger partial charge in [-0.05, 0) is 55.3 Å². The Labute approximate surface area is 205 Å². The Balaban J connectivity index is 1.69. The van der Waals surface area contributed by atoms with Crippen molar-refractivity contribution in [3.63, 3.8) is 0 Å². The van der Waals surface area contributed by atoms with E-state index in [1.807, 2.05) is 6.07 Å². The Hall–Kier alpha value is -2.21. The summed E-state index contributed by atoms with van der Waals surface area (Å²) < 4.78 is 26.4. The van der Waals surface area contributed by atoms with Gasteiger partial charge < -0.3 is 9.47 Å². The molecule has 4 atom stereocenters. The van der Waals surface area contributed by atoms with Crippen molar-refractivity contribution >= 4 is 36.9 Å². The van der Waals surface area contributed by atoms with Gasteiger partial charge in [-0.2, -0.15) is 0 Å². The lowest BCUT2D eigenvalue weighted by molar-refractivity contribution is 0.174. The molecule has 3 aromatic carbocycles. The van der Waals surface area contributed by atoms with Crippen molar-refractivity contribution in [2.24, 2.45) is 17.8 Å². The van der Waals surface area contributed by atoms with Gasteiger partial charge in [-0.1, -0.05) is 92.4 Å². The highest BCUT2D eigenvalue weighted by Crippen LogP contribution is 2.49. The normalized spacial score (nSPS) is 22.3. The first-order valence-electron chi connectivity index (χ1n) is 12.3. The Bertz CT molecular complexity index is 1110. The van der Waals surface area contributed by atoms with Crippen LogP contribution in [0.15, 0.2) is 72.8 Å². The summed E-state index contributed by atoms with van der Waals surface area (Å²) >= 11 is 0. The highest BCUT2D eigenvalue weighted by Gasteiger charge is 2.47. The standard InChI is InChI=1S/C29H33O3P2/c1-20(2)24-15-14-21(3)18-27(24)34(30)26-17-16-25-28(32-19-31-25)29(26)33(22-10-6-4-7-11-22)23-12-8-5-9-13-23/h4-13,16-17,20-21,24,27H,14-15,18-19H2,1-3H3/q+1/t21-,24+,27-/m1/s1. The third-order valence-electron chi connectivity index (χ3n) is 7.27. The molecule has 176 valence electrons. The molecule has 1 aliphatic heterocycles. The van der Waals surface area contributed by atoms with Crippen LogP contribution in [0.1, 0.15) is 40.0 Å². The predicted molar refractivity (Wildman–Crippen MR) is 144 cm³/mol. The molecule has 0 saturated heterocycles. The van der Waals surface area contributed by atoms with Crippen molar-refractivity contribution in [1.82, 2.24) is 0 Å². The maximum atomic E-state index is 14.5. The van der Waals surface area contributed by atoms with Crippen LogP contribution < -0.4 is 30.7 Å². The van der Waals surface area contributed by atoms with E-state index in [1.165, 1.54) is 17.0 Å². The number of fused-ring (bicyclic) bond motifs is 1. The fraction of sp³-hybridized carbons (Fsp3) is 0.379. The number of hydrogen-bond acceptors (Lipinski definition) is 3. The van der Waals surface area contributed by atoms with Crippen LogP contribution in [0.25, 0.3) is 0 Å². The maximum absolute atomic E-state index is 14.5. The number of hydrogen-bond donors (Lipinski definition) is 0. The summed E-state index contributed by atoms with van der Waals surface area (Å²) in [7, 11) is -2.55. The second-order valence-corrected chi connectivity index (χ2v) is 13.8. The molecule has 0 spiro atoms. The van der Waals surface area contributed by atoms with Crippen molar-refractivity contribution in [3.05, 3.63) is 72.8 Å². The van der Waals surface area contributed by atoms with Gasteiger partial charge in [0, 0.05) is 5.92 Å². The SMILES string of the molecule is CC(C)[C@@H]1CC[C@@H](C)C[C@H]1[P+](=O)c1ccc2c(c1P(c1ccccc1)c1ccccc1)OCO2. The molecule has 0 bridgehead atoms. The van der Waals surface area contributed by atoms with E-state index in [1.54, 1.807) is 0 Å². The van der Waals surface area contributed by atoms with Gasteiger partial charge in [0.2, 0.25) is 12.1 Å². The van der Waals surface area contributed by atoms with Crippen molar-refractivity contribution in [1.29, 1.82) is 0 Å². The molecule has 3 nitrogen and oxygen atoms in total. The third-order valence-corrected chi connectivity index (χ3v) is 12.0. The molecule has 2 aliphatic rings. The van der Waals surface area contributed by atoms with Gasteiger partial charge in [0.25, 0.3) is 0 Å². The van der Waals surface area contributed by atoms with Gasteiger partial charge in [-0.3, -0.25) is 0 Å². The van der Waals surface area contributed by atoms with Crippen LogP contribution in [0, 0.1) is 17.8 Å². The molecule has 3 aromatic rings. The largest absolute Gasteiger partial charge is 0.454 e. The summed E-state index contributed by atoms with van der Waals surface area (Å²) in [5.74, 6) is 3.17. The van der Waals surface area contributed by atoms with E-state index in [0.717, 1.165) is 34.9 Å². The predicted octanol–water partition coefficient (Wildman–Crippen LogP) is 6.09. The van der Waals surface area contributed by atoms with Crippen molar-refractivity contribution in [3.8, 4) is 11.5 Å². The highest BCUT2D eigenvalue weighted by atomic mass is 31.1. The Morgan fingerprint density at radius 3 is 2.15 bits per heavy atom. The average molecular weight is 492 g/mol. The summed E-state index contributed by atoms with van der Waals surface area (Å²) in [6.45, 7) is 7.11. The van der Waals surface area contributed by atoms with Gasteiger partial charge in [0.1, 0.15) is 0 Å². The zero-order valence-electron chi connectivity index (χ0n) is 20.2. The molecule has 5 rings (SSSR count). The molecule has 1 unspecified atom stereocenters. The first-order valence-corrected chi connectivity index (χ1v) is 15.0. The molecule has 0 amide bonds. The summed E-state index contributed by atoms with van der Waals surface area (Å²) in [4.78, 5) is 0. The molecule has 1 aliphatic carbocycles. The lowest BCUT2D eigenvalue weighted by atomic mass is 9.77. The molecular formula is C29H33O3P2+. The Morgan fingerprint density at radius 2 is 1.53 bits per heavy atom. The van der Waals surface area contributed by atoms with Crippen LogP contribution >= 0.6 is 15.7 Å². The molecule has 1 heterocycles. The van der Waals surface area contributed by atoms with Crippen LogP contribution in [0.4, 0.5) is 0 Å². The van der Waals surface area contributed by atoms with Crippen molar-refractivity contribution in [2.75, 3.05) is 6.79 Å². The molecule has 1 saturated carbocycles. The fourth-order valence-electron chi connectivity index (χ4n) is 5.50. The first kappa shape index (κ1) is 23.5. The maximum Gasteiger partial charge on any atom is 0.381 e. The molecular weight excluding hydrogens is 458 g/mol. The minimum absolute atomic E-state index is 0.196. The van der Waals surface area contributed by atoms with Crippen LogP contribution in [0.2, 0.25) is 0 Å². The molecule has 5 heteroatoms. The molecule has 0 N–H and O–H groups in total. The van der Waals surface area contributed by atoms with Crippen LogP contribution in [0.3, 0.4) is 0 Å². The van der Waals surface area contributed by atoms with E-state index in [4.69, 9.17) is 9.47 Å². The molecule has 1 fully saturated rings. The summed E-state index contributed by atoms with van der Waals surface area (Å²) in [6.07, 6.45) is 3.42. The van der Waals surface area contributed by atoms with Gasteiger partial charge >= 0.3 is 7.80 Å². The van der Waals surface area contributed by atoms with Gasteiger partial charge in [0.05, 0.1) is 5.30 Å². The number of benzene rings is 3. The molecule has 34 heavy (non-hydrogen) atoms. The van der Waals surface area contributed by atoms with Gasteiger partial charge in [-0.25, -0.2) is 0 Å². The second kappa shape index (κ2) is 10.2. The average Bonchev–Trinajstić information content (AvgIpc) is 3.34. The van der Waals surface area contributed by atoms with E-state index in [9.17, 15) is 4.57 Å². The summed E-state index contributed by atoms with van der Waals surface area (Å²) in [5.41, 5.74) is 0.196. The summed E-state index contributed by atoms with van der Waals surface area (Å²) in [5, 5.41) is 4.50. The van der Waals surface area contributed by atoms with E-state index in [0.29, 0.717) is 17.8 Å². The minimum atomic E-state index is -1.60. The monoisotopic (exact) mass is 491 g/mol. The highest BCUT2D eigenvalue weighted by molar-refractivity contribution is 7.81. The van der Waals surface area contributed by atoms with E-state index in [2.05, 4.69) is 87.5 Å². The van der Waals surface area contributed by atoms with Gasteiger partial charge in [0.15, 0.2) is 17.2 Å². The Kier molecular flexibility index (Phi) is 7.05. The smallest absolute Gasteiger partial charge is 0.381 e. The number of ether oxygens (including phenoxy) is 2. The first-order chi connectivity index (χ1) is 16.5. The third kappa shape index (κ3) is 4.53. The van der Waals surface area contributed by atoms with E-state index in [-0.39, 0.29) is 12.5 Å². The fourth-order valence-corrected chi connectivity index (χ4v) is 10.8. The van der Waals surface area contributed by atoms with Crippen LogP contribution in [-0.4, -0.2) is 12.5 Å². The van der Waals surface area contributed by atoms with Crippen molar-refractivity contribution < 1.29 is 14.0 Å². The van der Waals surface area contributed by atoms with E-state index >= 15 is 0 Å². The van der Waals surface area contributed by atoms with Gasteiger partial charge in [-0.15, -0.1) is 0 Å². The van der Waals surface area contributed by atoms with Crippen LogP contribution in [-0.2, 0) is 4.57 Å². The zero-order valence-corrected chi connectivity index (χ0v) is 22.0. The lowest BCUT2D eigenvalue weighted by Gasteiger charge is -2.32. The lowest BCUT2D eigenvalue weighted by Crippen LogP contribution is -2.36. The second-order valence-electron chi connectivity index (χ2n) is 9.89. The van der Waals surface area contributed by atoms with E-state index < -0.39 is 15.7 Å². The van der Waals surface area contributed by atoms with Crippen LogP contribution in [0.5, 0.6) is 11.5 Å². The number of rotatable bonds is 6. The topological polar surface area (TPSA) is 35.5 Å². The summed E-state index contributed by atoms with van der Waals surface area (Å²) in [6, 6.07) is 25.2. The Morgan fingerprint density at radius 1 is 0.882 bits per heavy atom. The molecule has 0 radical (unpaired) electrons.